The first kappa shape index (κ1) is 27.1. The number of nitrogens with two attached hydrogens (primary N) is 1. The van der Waals surface area contributed by atoms with Gasteiger partial charge in [0.2, 0.25) is 5.91 Å². The molecule has 34 heavy (non-hydrogen) atoms. The van der Waals surface area contributed by atoms with Crippen molar-refractivity contribution in [2.45, 2.75) is 46.7 Å². The zero-order valence-electron chi connectivity index (χ0n) is 19.8. The van der Waals surface area contributed by atoms with E-state index in [0.29, 0.717) is 17.0 Å². The Bertz CT molecular complexity index is 1160. The van der Waals surface area contributed by atoms with Crippen LogP contribution in [0.5, 0.6) is 0 Å². The summed E-state index contributed by atoms with van der Waals surface area (Å²) in [5.41, 5.74) is 5.20. The summed E-state index contributed by atoms with van der Waals surface area (Å²) in [6.45, 7) is 6.36. The van der Waals surface area contributed by atoms with Gasteiger partial charge in [0.1, 0.15) is 5.82 Å². The first-order chi connectivity index (χ1) is 16.0. The van der Waals surface area contributed by atoms with E-state index in [1.807, 2.05) is 20.8 Å². The predicted molar refractivity (Wildman–Crippen MR) is 132 cm³/mol. The molecular weight excluding hydrogens is 464 g/mol. The summed E-state index contributed by atoms with van der Waals surface area (Å²) in [6, 6.07) is 4.11. The first-order valence-electron chi connectivity index (χ1n) is 11.0. The third-order valence-corrected chi connectivity index (χ3v) is 5.52. The normalized spacial score (nSPS) is 11.3. The Hall–Kier alpha value is -3.18. The molecule has 2 aromatic rings. The molecule has 186 valence electrons. The van der Waals surface area contributed by atoms with Crippen molar-refractivity contribution in [2.75, 3.05) is 30.8 Å². The lowest BCUT2D eigenvalue weighted by Gasteiger charge is -2.27. The number of aromatic amines is 1. The monoisotopic (exact) mass is 494 g/mol. The third kappa shape index (κ3) is 6.67. The molecule has 0 radical (unpaired) electrons. The summed E-state index contributed by atoms with van der Waals surface area (Å²) >= 11 is 6.18. The number of hydrogen-bond donors (Lipinski definition) is 2. The Morgan fingerprint density at radius 1 is 1.32 bits per heavy atom. The van der Waals surface area contributed by atoms with Gasteiger partial charge in [0.05, 0.1) is 11.5 Å². The number of aromatic nitrogens is 2. The summed E-state index contributed by atoms with van der Waals surface area (Å²) in [7, 11) is 1.67. The number of likely N-dealkylation sites (N-methyl/N-ethyl adjacent to an activating group) is 1. The first-order valence-corrected chi connectivity index (χ1v) is 11.4. The number of anilines is 2. The Balaban J connectivity index is 2.35. The van der Waals surface area contributed by atoms with Crippen LogP contribution in [-0.4, -0.2) is 45.4 Å². The van der Waals surface area contributed by atoms with Gasteiger partial charge in [-0.2, -0.15) is 0 Å². The van der Waals surface area contributed by atoms with Crippen LogP contribution in [0.15, 0.2) is 27.8 Å². The van der Waals surface area contributed by atoms with Crippen LogP contribution in [0.3, 0.4) is 0 Å². The molecule has 0 saturated heterocycles. The molecule has 0 bridgehead atoms. The maximum absolute atomic E-state index is 13.3. The quantitative estimate of drug-likeness (QED) is 0.360. The number of nitrogens with one attached hydrogen (secondary N) is 1. The summed E-state index contributed by atoms with van der Waals surface area (Å²) in [5, 5.41) is 11.4. The van der Waals surface area contributed by atoms with Gasteiger partial charge in [-0.1, -0.05) is 38.8 Å². The van der Waals surface area contributed by atoms with Gasteiger partial charge in [-0.3, -0.25) is 34.2 Å². The van der Waals surface area contributed by atoms with Crippen molar-refractivity contribution in [2.24, 2.45) is 5.92 Å². The molecule has 1 aromatic heterocycles. The number of unbranched alkanes of at least 4 members (excludes halogenated alkanes) is 1. The number of rotatable bonds is 11. The van der Waals surface area contributed by atoms with E-state index < -0.39 is 22.1 Å². The minimum absolute atomic E-state index is 0.0551. The number of benzene rings is 1. The number of halogens is 1. The molecule has 11 nitrogen and oxygen atoms in total. The fourth-order valence-electron chi connectivity index (χ4n) is 3.52. The van der Waals surface area contributed by atoms with E-state index in [9.17, 15) is 24.5 Å². The molecule has 1 heterocycles. The molecule has 0 aliphatic rings. The topological polar surface area (TPSA) is 148 Å². The number of carbonyl (C=O) groups is 1. The van der Waals surface area contributed by atoms with Gasteiger partial charge < -0.3 is 10.6 Å². The second-order valence-corrected chi connectivity index (χ2v) is 9.01. The van der Waals surface area contributed by atoms with Crippen molar-refractivity contribution in [1.29, 1.82) is 0 Å². The SMILES string of the molecule is CCCCN(C(=O)CN(C)Cc1cc([N+](=O)[O-])ccc1Cl)c1c(N)n(CC(C)C)c(=O)[nH]c1=O. The van der Waals surface area contributed by atoms with E-state index in [1.54, 1.807) is 11.9 Å². The van der Waals surface area contributed by atoms with Crippen molar-refractivity contribution < 1.29 is 9.72 Å². The molecular formula is C22H31ClN6O5. The Morgan fingerprint density at radius 3 is 2.59 bits per heavy atom. The van der Waals surface area contributed by atoms with E-state index in [0.717, 1.165) is 6.42 Å². The van der Waals surface area contributed by atoms with Crippen molar-refractivity contribution in [3.63, 3.8) is 0 Å². The summed E-state index contributed by atoms with van der Waals surface area (Å²) in [4.78, 5) is 54.0. The zero-order chi connectivity index (χ0) is 25.6. The molecule has 3 N–H and O–H groups in total. The van der Waals surface area contributed by atoms with Crippen molar-refractivity contribution >= 4 is 34.7 Å². The van der Waals surface area contributed by atoms with Crippen molar-refractivity contribution in [3.05, 3.63) is 59.7 Å². The lowest BCUT2D eigenvalue weighted by Crippen LogP contribution is -2.45. The van der Waals surface area contributed by atoms with Crippen molar-refractivity contribution in [1.82, 2.24) is 14.5 Å². The number of non-ortho nitro benzene ring substituents is 1. The maximum atomic E-state index is 13.3. The van der Waals surface area contributed by atoms with Gasteiger partial charge in [0.15, 0.2) is 5.69 Å². The van der Waals surface area contributed by atoms with E-state index in [2.05, 4.69) is 4.98 Å². The highest BCUT2D eigenvalue weighted by molar-refractivity contribution is 6.31. The molecule has 0 spiro atoms. The number of nitrogens with zero attached hydrogens (tertiary/aromatic N) is 4. The summed E-state index contributed by atoms with van der Waals surface area (Å²) in [6.07, 6.45) is 1.39. The highest BCUT2D eigenvalue weighted by atomic mass is 35.5. The largest absolute Gasteiger partial charge is 0.383 e. The van der Waals surface area contributed by atoms with Gasteiger partial charge in [-0.25, -0.2) is 4.79 Å². The van der Waals surface area contributed by atoms with Crippen LogP contribution < -0.4 is 21.9 Å². The zero-order valence-corrected chi connectivity index (χ0v) is 20.6. The van der Waals surface area contributed by atoms with Crippen molar-refractivity contribution in [3.8, 4) is 0 Å². The minimum atomic E-state index is -0.726. The molecule has 0 unspecified atom stereocenters. The van der Waals surface area contributed by atoms with Crippen LogP contribution in [-0.2, 0) is 17.9 Å². The molecule has 1 amide bonds. The average molecular weight is 495 g/mol. The summed E-state index contributed by atoms with van der Waals surface area (Å²) in [5.74, 6) is -0.370. The van der Waals surface area contributed by atoms with Crippen LogP contribution in [0.2, 0.25) is 5.02 Å². The number of H-pyrrole nitrogens is 1. The maximum Gasteiger partial charge on any atom is 0.330 e. The Kier molecular flexibility index (Phi) is 9.39. The van der Waals surface area contributed by atoms with E-state index in [1.165, 1.54) is 27.7 Å². The fourth-order valence-corrected chi connectivity index (χ4v) is 3.70. The number of amides is 1. The van der Waals surface area contributed by atoms with Crippen LogP contribution in [0.25, 0.3) is 0 Å². The molecule has 1 aromatic carbocycles. The molecule has 0 fully saturated rings. The molecule has 12 heteroatoms. The number of nitro benzene ring substituents is 1. The van der Waals surface area contributed by atoms with E-state index in [-0.39, 0.29) is 49.3 Å². The smallest absolute Gasteiger partial charge is 0.330 e. The van der Waals surface area contributed by atoms with Crippen LogP contribution in [0.4, 0.5) is 17.2 Å². The third-order valence-electron chi connectivity index (χ3n) is 5.15. The lowest BCUT2D eigenvalue weighted by molar-refractivity contribution is -0.384. The molecule has 0 aliphatic carbocycles. The average Bonchev–Trinajstić information content (AvgIpc) is 2.74. The van der Waals surface area contributed by atoms with E-state index in [4.69, 9.17) is 17.3 Å². The van der Waals surface area contributed by atoms with Gasteiger partial charge >= 0.3 is 5.69 Å². The van der Waals surface area contributed by atoms with E-state index >= 15 is 0 Å². The second kappa shape index (κ2) is 11.8. The standard InChI is InChI=1S/C22H31ClN6O5/c1-5-6-9-27(19-20(24)28(11-14(2)3)22(32)25-21(19)31)18(30)13-26(4)12-15-10-16(29(33)34)7-8-17(15)23/h7-8,10,14H,5-6,9,11-13,24H2,1-4H3,(H,25,31,32). The lowest BCUT2D eigenvalue weighted by atomic mass is 10.2. The second-order valence-electron chi connectivity index (χ2n) is 8.60. The van der Waals surface area contributed by atoms with Gasteiger partial charge in [0.25, 0.3) is 11.2 Å². The van der Waals surface area contributed by atoms with Gasteiger partial charge in [-0.15, -0.1) is 0 Å². The number of carbonyl (C=O) groups excluding carboxylic acids is 1. The Morgan fingerprint density at radius 2 is 2.00 bits per heavy atom. The number of nitrogen functional groups attached to an aromatic ring is 1. The summed E-state index contributed by atoms with van der Waals surface area (Å²) < 4.78 is 1.26. The molecule has 2 rings (SSSR count). The predicted octanol–water partition coefficient (Wildman–Crippen LogP) is 2.60. The molecule has 0 aliphatic heterocycles. The molecule has 0 saturated carbocycles. The highest BCUT2D eigenvalue weighted by Crippen LogP contribution is 2.24. The number of hydrogen-bond acceptors (Lipinski definition) is 7. The van der Waals surface area contributed by atoms with Crippen LogP contribution in [0.1, 0.15) is 39.2 Å². The molecule has 0 atom stereocenters. The highest BCUT2D eigenvalue weighted by Gasteiger charge is 2.25. The number of nitro groups is 1. The van der Waals surface area contributed by atoms with Gasteiger partial charge in [0, 0.05) is 36.8 Å². The Labute approximate surface area is 202 Å². The van der Waals surface area contributed by atoms with Gasteiger partial charge in [-0.05, 0) is 31.0 Å². The van der Waals surface area contributed by atoms with Crippen LogP contribution in [0, 0.1) is 16.0 Å². The fraction of sp³-hybridized carbons (Fsp3) is 0.500. The van der Waals surface area contributed by atoms with Crippen LogP contribution >= 0.6 is 11.6 Å². The minimum Gasteiger partial charge on any atom is -0.383 e.